The van der Waals surface area contributed by atoms with Crippen molar-refractivity contribution >= 4 is 39.9 Å². The average molecular weight is 572 g/mol. The Labute approximate surface area is 234 Å². The molecule has 5 rings (SSSR count). The molecular formula is C29H29ClF3N5O2. The molecule has 1 saturated heterocycles. The molecule has 210 valence electrons. The number of hydrogen-bond donors (Lipinski definition) is 2. The number of piperidine rings is 1. The van der Waals surface area contributed by atoms with Crippen LogP contribution in [-0.2, 0) is 6.18 Å². The van der Waals surface area contributed by atoms with Gasteiger partial charge in [-0.3, -0.25) is 4.98 Å². The van der Waals surface area contributed by atoms with Crippen LogP contribution in [0, 0.1) is 0 Å². The van der Waals surface area contributed by atoms with Crippen LogP contribution >= 0.6 is 11.6 Å². The van der Waals surface area contributed by atoms with E-state index in [4.69, 9.17) is 16.4 Å². The van der Waals surface area contributed by atoms with Gasteiger partial charge in [0.05, 0.1) is 22.3 Å². The van der Waals surface area contributed by atoms with Crippen LogP contribution in [0.3, 0.4) is 0 Å². The normalized spacial score (nSPS) is 14.3. The van der Waals surface area contributed by atoms with Crippen molar-refractivity contribution in [1.82, 2.24) is 14.6 Å². The molecule has 40 heavy (non-hydrogen) atoms. The Morgan fingerprint density at radius 1 is 1.00 bits per heavy atom. The van der Waals surface area contributed by atoms with E-state index in [1.165, 1.54) is 25.3 Å². The van der Waals surface area contributed by atoms with E-state index in [9.17, 15) is 18.0 Å². The molecule has 11 heteroatoms. The number of fused-ring (bicyclic) bond motifs is 1. The van der Waals surface area contributed by atoms with Gasteiger partial charge >= 0.3 is 12.2 Å². The Hall–Kier alpha value is -3.76. The predicted molar refractivity (Wildman–Crippen MR) is 151 cm³/mol. The van der Waals surface area contributed by atoms with E-state index in [0.717, 1.165) is 60.2 Å². The summed E-state index contributed by atoms with van der Waals surface area (Å²) in [5.74, 6) is 0. The van der Waals surface area contributed by atoms with Crippen molar-refractivity contribution in [3.05, 3.63) is 77.7 Å². The number of nitrogens with zero attached hydrogens (tertiary/aromatic N) is 3. The number of halogens is 4. The highest BCUT2D eigenvalue weighted by molar-refractivity contribution is 6.31. The van der Waals surface area contributed by atoms with E-state index >= 15 is 0 Å². The SMILES string of the molecule is O=C(Nc1ccc(-c2cn(OCCCN3CCCCC3)c3ccncc23)cc1)Nc1ccc(Cl)c(C(F)(F)F)c1. The Kier molecular flexibility index (Phi) is 8.46. The lowest BCUT2D eigenvalue weighted by molar-refractivity contribution is -0.137. The largest absolute Gasteiger partial charge is 0.417 e. The van der Waals surface area contributed by atoms with Crippen LogP contribution in [0.25, 0.3) is 22.0 Å². The van der Waals surface area contributed by atoms with Crippen LogP contribution in [0.5, 0.6) is 0 Å². The van der Waals surface area contributed by atoms with Gasteiger partial charge in [-0.05, 0) is 74.3 Å². The minimum atomic E-state index is -4.63. The summed E-state index contributed by atoms with van der Waals surface area (Å²) in [4.78, 5) is 25.3. The van der Waals surface area contributed by atoms with Gasteiger partial charge in [-0.1, -0.05) is 30.2 Å². The molecular weight excluding hydrogens is 543 g/mol. The molecule has 2 aromatic carbocycles. The number of likely N-dealkylation sites (tertiary alicyclic amines) is 1. The number of aromatic nitrogens is 2. The molecule has 0 spiro atoms. The molecule has 4 aromatic rings. The third-order valence-electron chi connectivity index (χ3n) is 6.85. The number of benzene rings is 2. The molecule has 7 nitrogen and oxygen atoms in total. The lowest BCUT2D eigenvalue weighted by atomic mass is 10.1. The summed E-state index contributed by atoms with van der Waals surface area (Å²) in [6.07, 6.45) is 5.62. The fraction of sp³-hybridized carbons (Fsp3) is 0.310. The molecule has 2 amide bonds. The highest BCUT2D eigenvalue weighted by atomic mass is 35.5. The van der Waals surface area contributed by atoms with Gasteiger partial charge in [0.2, 0.25) is 0 Å². The lowest BCUT2D eigenvalue weighted by Crippen LogP contribution is -2.31. The topological polar surface area (TPSA) is 71.4 Å². The van der Waals surface area contributed by atoms with Crippen LogP contribution in [0.15, 0.2) is 67.1 Å². The number of carbonyl (C=O) groups is 1. The van der Waals surface area contributed by atoms with Gasteiger partial charge in [-0.15, -0.1) is 0 Å². The Balaban J connectivity index is 1.23. The second-order valence-electron chi connectivity index (χ2n) is 9.70. The van der Waals surface area contributed by atoms with E-state index in [2.05, 4.69) is 20.5 Å². The monoisotopic (exact) mass is 571 g/mol. The molecule has 0 saturated carbocycles. The summed E-state index contributed by atoms with van der Waals surface area (Å²) < 4.78 is 41.1. The van der Waals surface area contributed by atoms with Gasteiger partial charge in [-0.25, -0.2) is 4.79 Å². The first-order valence-electron chi connectivity index (χ1n) is 13.1. The highest BCUT2D eigenvalue weighted by Crippen LogP contribution is 2.36. The maximum absolute atomic E-state index is 13.1. The predicted octanol–water partition coefficient (Wildman–Crippen LogP) is 7.32. The van der Waals surface area contributed by atoms with E-state index in [-0.39, 0.29) is 5.69 Å². The zero-order valence-corrected chi connectivity index (χ0v) is 22.4. The zero-order chi connectivity index (χ0) is 28.1. The minimum Gasteiger partial charge on any atom is -0.414 e. The molecule has 2 N–H and O–H groups in total. The van der Waals surface area contributed by atoms with E-state index in [1.54, 1.807) is 29.3 Å². The van der Waals surface area contributed by atoms with Crippen LogP contribution < -0.4 is 15.5 Å². The van der Waals surface area contributed by atoms with Gasteiger partial charge in [0.15, 0.2) is 0 Å². The van der Waals surface area contributed by atoms with Gasteiger partial charge < -0.3 is 20.4 Å². The molecule has 2 aromatic heterocycles. The quantitative estimate of drug-likeness (QED) is 0.217. The number of rotatable bonds is 8. The van der Waals surface area contributed by atoms with Crippen molar-refractivity contribution in [2.24, 2.45) is 0 Å². The summed E-state index contributed by atoms with van der Waals surface area (Å²) >= 11 is 5.65. The van der Waals surface area contributed by atoms with Gasteiger partial charge in [0.25, 0.3) is 0 Å². The van der Waals surface area contributed by atoms with Crippen molar-refractivity contribution in [3.63, 3.8) is 0 Å². The fourth-order valence-corrected chi connectivity index (χ4v) is 5.09. The third kappa shape index (κ3) is 6.68. The summed E-state index contributed by atoms with van der Waals surface area (Å²) in [7, 11) is 0. The second kappa shape index (κ2) is 12.2. The molecule has 0 unspecified atom stereocenters. The Morgan fingerprint density at radius 3 is 2.48 bits per heavy atom. The molecule has 1 fully saturated rings. The number of hydrogen-bond acceptors (Lipinski definition) is 4. The van der Waals surface area contributed by atoms with E-state index in [1.807, 2.05) is 24.4 Å². The van der Waals surface area contributed by atoms with Crippen LogP contribution in [0.1, 0.15) is 31.2 Å². The molecule has 3 heterocycles. The van der Waals surface area contributed by atoms with Gasteiger partial charge in [-0.2, -0.15) is 17.9 Å². The molecule has 0 atom stereocenters. The molecule has 0 bridgehead atoms. The first-order chi connectivity index (χ1) is 19.3. The summed E-state index contributed by atoms with van der Waals surface area (Å²) in [6, 6.07) is 11.6. The summed E-state index contributed by atoms with van der Waals surface area (Å²) in [5, 5.41) is 5.54. The fourth-order valence-electron chi connectivity index (χ4n) is 4.86. The second-order valence-corrected chi connectivity index (χ2v) is 10.1. The number of pyridine rings is 1. The maximum atomic E-state index is 13.1. The average Bonchev–Trinajstić information content (AvgIpc) is 3.31. The minimum absolute atomic E-state index is 0.0258. The zero-order valence-electron chi connectivity index (χ0n) is 21.7. The van der Waals surface area contributed by atoms with Crippen molar-refractivity contribution in [1.29, 1.82) is 0 Å². The molecule has 1 aliphatic rings. The van der Waals surface area contributed by atoms with Crippen molar-refractivity contribution in [2.75, 3.05) is 36.9 Å². The Bertz CT molecular complexity index is 1470. The van der Waals surface area contributed by atoms with Gasteiger partial charge in [0, 0.05) is 41.3 Å². The number of alkyl halides is 3. The van der Waals surface area contributed by atoms with Crippen LogP contribution in [-0.4, -0.2) is 46.9 Å². The number of nitrogens with one attached hydrogen (secondary N) is 2. The Morgan fingerprint density at radius 2 is 1.73 bits per heavy atom. The lowest BCUT2D eigenvalue weighted by Gasteiger charge is -2.26. The highest BCUT2D eigenvalue weighted by Gasteiger charge is 2.33. The number of amides is 2. The van der Waals surface area contributed by atoms with E-state index in [0.29, 0.717) is 12.3 Å². The number of carbonyl (C=O) groups excluding carboxylic acids is 1. The van der Waals surface area contributed by atoms with Crippen molar-refractivity contribution in [3.8, 4) is 11.1 Å². The first-order valence-corrected chi connectivity index (χ1v) is 13.5. The number of urea groups is 1. The molecule has 0 aliphatic carbocycles. The van der Waals surface area contributed by atoms with Crippen molar-refractivity contribution < 1.29 is 22.8 Å². The maximum Gasteiger partial charge on any atom is 0.417 e. The van der Waals surface area contributed by atoms with Crippen molar-refractivity contribution in [2.45, 2.75) is 31.9 Å². The van der Waals surface area contributed by atoms with Crippen LogP contribution in [0.2, 0.25) is 5.02 Å². The molecule has 1 aliphatic heterocycles. The standard InChI is InChI=1S/C29H29ClF3N5O2/c30-26-10-9-22(17-25(26)29(31,32)33)36-28(39)35-21-7-5-20(6-8-21)24-19-38(27-11-12-34-18-23(24)27)40-16-4-15-37-13-2-1-3-14-37/h5-12,17-19H,1-4,13-16H2,(H2,35,36,39). The summed E-state index contributed by atoms with van der Waals surface area (Å²) in [5.41, 5.74) is 2.16. The smallest absolute Gasteiger partial charge is 0.414 e. The van der Waals surface area contributed by atoms with Crippen LogP contribution in [0.4, 0.5) is 29.3 Å². The van der Waals surface area contributed by atoms with Gasteiger partial charge in [0.1, 0.15) is 6.61 Å². The van der Waals surface area contributed by atoms with E-state index < -0.39 is 22.8 Å². The first kappa shape index (κ1) is 27.8. The summed E-state index contributed by atoms with van der Waals surface area (Å²) in [6.45, 7) is 3.94. The third-order valence-corrected chi connectivity index (χ3v) is 7.18. The number of anilines is 2. The molecule has 0 radical (unpaired) electrons.